The van der Waals surface area contributed by atoms with Gasteiger partial charge in [0.05, 0.1) is 6.61 Å². The minimum Gasteiger partial charge on any atom is -0.383 e. The molecule has 1 aliphatic rings. The van der Waals surface area contributed by atoms with Crippen molar-refractivity contribution in [2.24, 2.45) is 0 Å². The molecule has 1 aliphatic heterocycles. The largest absolute Gasteiger partial charge is 0.472 e. The molecule has 0 radical (unpaired) electrons. The van der Waals surface area contributed by atoms with Crippen molar-refractivity contribution in [3.05, 3.63) is 22.2 Å². The predicted octanol–water partition coefficient (Wildman–Crippen LogP) is 0.200. The van der Waals surface area contributed by atoms with E-state index in [2.05, 4.69) is 9.51 Å². The predicted molar refractivity (Wildman–Crippen MR) is 79.8 cm³/mol. The van der Waals surface area contributed by atoms with E-state index in [4.69, 9.17) is 19.7 Å². The standard InChI is InChI=1S/C12H20N3O7P/c1-7-5-15(12(16)14-11(7)13)10-4-8(9(21-10)6-19-2)22-23(17,18)20-3/h5,8-10H,4,6H2,1-3H3,(H,17,18)(H2,13,14,16)/t8-,9-,10-/m1/s1. The van der Waals surface area contributed by atoms with Crippen LogP contribution in [0.15, 0.2) is 11.0 Å². The minimum absolute atomic E-state index is 0.126. The first-order valence-corrected chi connectivity index (χ1v) is 8.33. The molecule has 1 aromatic rings. The summed E-state index contributed by atoms with van der Waals surface area (Å²) in [5, 5.41) is 0. The molecule has 0 bridgehead atoms. The Bertz CT molecular complexity index is 665. The highest BCUT2D eigenvalue weighted by molar-refractivity contribution is 7.47. The first-order chi connectivity index (χ1) is 10.8. The fraction of sp³-hybridized carbons (Fsp3) is 0.667. The van der Waals surface area contributed by atoms with Crippen LogP contribution in [0.5, 0.6) is 0 Å². The Hall–Kier alpha value is -1.29. The lowest BCUT2D eigenvalue weighted by atomic mass is 10.2. The molecule has 3 N–H and O–H groups in total. The zero-order chi connectivity index (χ0) is 17.2. The number of nitrogens with two attached hydrogens (primary N) is 1. The van der Waals surface area contributed by atoms with Crippen molar-refractivity contribution in [1.29, 1.82) is 0 Å². The van der Waals surface area contributed by atoms with Crippen LogP contribution >= 0.6 is 7.82 Å². The molecule has 130 valence electrons. The molecule has 11 heteroatoms. The van der Waals surface area contributed by atoms with Gasteiger partial charge in [0, 0.05) is 32.4 Å². The third-order valence-corrected chi connectivity index (χ3v) is 4.49. The van der Waals surface area contributed by atoms with Crippen LogP contribution in [0.3, 0.4) is 0 Å². The van der Waals surface area contributed by atoms with Gasteiger partial charge < -0.3 is 20.1 Å². The Kier molecular flexibility index (Phi) is 5.56. The molecule has 1 unspecified atom stereocenters. The van der Waals surface area contributed by atoms with Gasteiger partial charge in [0.2, 0.25) is 0 Å². The third-order valence-electron chi connectivity index (χ3n) is 3.49. The maximum Gasteiger partial charge on any atom is 0.472 e. The minimum atomic E-state index is -4.19. The summed E-state index contributed by atoms with van der Waals surface area (Å²) in [7, 11) is -1.66. The van der Waals surface area contributed by atoms with Crippen molar-refractivity contribution in [2.45, 2.75) is 31.8 Å². The average molecular weight is 349 g/mol. The Labute approximate surface area is 132 Å². The molecule has 2 rings (SSSR count). The van der Waals surface area contributed by atoms with Crippen molar-refractivity contribution in [3.63, 3.8) is 0 Å². The molecule has 0 spiro atoms. The quantitative estimate of drug-likeness (QED) is 0.690. The van der Waals surface area contributed by atoms with E-state index in [1.807, 2.05) is 0 Å². The van der Waals surface area contributed by atoms with Crippen LogP contribution in [0, 0.1) is 6.92 Å². The van der Waals surface area contributed by atoms with Gasteiger partial charge in [-0.3, -0.25) is 13.6 Å². The van der Waals surface area contributed by atoms with Gasteiger partial charge in [-0.25, -0.2) is 9.36 Å². The van der Waals surface area contributed by atoms with E-state index in [1.54, 1.807) is 6.92 Å². The molecule has 2 heterocycles. The second-order valence-corrected chi connectivity index (χ2v) is 6.63. The summed E-state index contributed by atoms with van der Waals surface area (Å²) in [5.41, 5.74) is 5.64. The van der Waals surface area contributed by atoms with Crippen molar-refractivity contribution in [2.75, 3.05) is 26.6 Å². The fourth-order valence-corrected chi connectivity index (χ4v) is 2.95. The van der Waals surface area contributed by atoms with Crippen LogP contribution in [0.4, 0.5) is 5.82 Å². The Balaban J connectivity index is 2.24. The fourth-order valence-electron chi connectivity index (χ4n) is 2.30. The summed E-state index contributed by atoms with van der Waals surface area (Å²) in [5.74, 6) is 0.143. The number of aromatic nitrogens is 2. The van der Waals surface area contributed by atoms with Crippen molar-refractivity contribution < 1.29 is 28.0 Å². The molecule has 0 aliphatic carbocycles. The topological polar surface area (TPSA) is 135 Å². The highest BCUT2D eigenvalue weighted by Crippen LogP contribution is 2.47. The lowest BCUT2D eigenvalue weighted by Crippen LogP contribution is -2.29. The van der Waals surface area contributed by atoms with Gasteiger partial charge in [0.1, 0.15) is 24.3 Å². The number of rotatable bonds is 6. The number of nitrogen functional groups attached to an aromatic ring is 1. The molecular weight excluding hydrogens is 329 g/mol. The van der Waals surface area contributed by atoms with Gasteiger partial charge >= 0.3 is 13.5 Å². The highest BCUT2D eigenvalue weighted by Gasteiger charge is 2.41. The zero-order valence-corrected chi connectivity index (χ0v) is 13.9. The molecule has 0 aromatic carbocycles. The summed E-state index contributed by atoms with van der Waals surface area (Å²) >= 11 is 0. The van der Waals surface area contributed by atoms with Crippen LogP contribution in [0.1, 0.15) is 18.2 Å². The summed E-state index contributed by atoms with van der Waals surface area (Å²) in [6.07, 6.45) is -0.439. The van der Waals surface area contributed by atoms with Crippen molar-refractivity contribution in [3.8, 4) is 0 Å². The summed E-state index contributed by atoms with van der Waals surface area (Å²) in [4.78, 5) is 25.2. The number of hydrogen-bond donors (Lipinski definition) is 2. The van der Waals surface area contributed by atoms with Gasteiger partial charge in [0.25, 0.3) is 0 Å². The molecule has 10 nitrogen and oxygen atoms in total. The van der Waals surface area contributed by atoms with E-state index in [-0.39, 0.29) is 18.8 Å². The lowest BCUT2D eigenvalue weighted by molar-refractivity contribution is -0.0544. The smallest absolute Gasteiger partial charge is 0.383 e. The molecule has 1 fully saturated rings. The molecule has 4 atom stereocenters. The second-order valence-electron chi connectivity index (χ2n) is 5.11. The average Bonchev–Trinajstić information content (AvgIpc) is 2.85. The SMILES string of the molecule is COC[C@H]1O[C@@H](n2cc(C)c(N)nc2=O)C[C@H]1OP(=O)(O)OC. The van der Waals surface area contributed by atoms with Crippen LogP contribution < -0.4 is 11.4 Å². The highest BCUT2D eigenvalue weighted by atomic mass is 31.2. The number of methoxy groups -OCH3 is 1. The van der Waals surface area contributed by atoms with Crippen LogP contribution in [-0.2, 0) is 23.1 Å². The Morgan fingerprint density at radius 3 is 2.87 bits per heavy atom. The number of phosphoric acid groups is 1. The molecular formula is C12H20N3O7P. The first-order valence-electron chi connectivity index (χ1n) is 6.84. The summed E-state index contributed by atoms with van der Waals surface area (Å²) in [6, 6.07) is 0. The van der Waals surface area contributed by atoms with Crippen molar-refractivity contribution >= 4 is 13.6 Å². The van der Waals surface area contributed by atoms with Gasteiger partial charge in [-0.2, -0.15) is 4.98 Å². The van der Waals surface area contributed by atoms with Crippen LogP contribution in [-0.4, -0.2) is 47.5 Å². The second kappa shape index (κ2) is 7.08. The van der Waals surface area contributed by atoms with E-state index in [0.717, 1.165) is 7.11 Å². The lowest BCUT2D eigenvalue weighted by Gasteiger charge is -2.19. The number of ether oxygens (including phenoxy) is 2. The number of aryl methyl sites for hydroxylation is 1. The number of hydrogen-bond acceptors (Lipinski definition) is 8. The van der Waals surface area contributed by atoms with Crippen LogP contribution in [0.25, 0.3) is 0 Å². The van der Waals surface area contributed by atoms with E-state index < -0.39 is 31.9 Å². The number of phosphoric ester groups is 1. The Morgan fingerprint density at radius 1 is 1.57 bits per heavy atom. The third kappa shape index (κ3) is 4.17. The monoisotopic (exact) mass is 349 g/mol. The van der Waals surface area contributed by atoms with Gasteiger partial charge in [0.15, 0.2) is 0 Å². The van der Waals surface area contributed by atoms with Gasteiger partial charge in [-0.15, -0.1) is 0 Å². The number of nitrogens with zero attached hydrogens (tertiary/aromatic N) is 2. The molecule has 23 heavy (non-hydrogen) atoms. The first kappa shape index (κ1) is 18.1. The number of anilines is 1. The molecule has 1 saturated heterocycles. The molecule has 0 amide bonds. The normalized spacial score (nSPS) is 27.0. The van der Waals surface area contributed by atoms with E-state index in [9.17, 15) is 14.3 Å². The molecule has 0 saturated carbocycles. The van der Waals surface area contributed by atoms with Gasteiger partial charge in [-0.05, 0) is 6.92 Å². The summed E-state index contributed by atoms with van der Waals surface area (Å²) in [6.45, 7) is 1.84. The van der Waals surface area contributed by atoms with E-state index in [0.29, 0.717) is 5.56 Å². The van der Waals surface area contributed by atoms with Crippen molar-refractivity contribution in [1.82, 2.24) is 9.55 Å². The molecule has 1 aromatic heterocycles. The maximum absolute atomic E-state index is 12.0. The Morgan fingerprint density at radius 2 is 2.26 bits per heavy atom. The zero-order valence-electron chi connectivity index (χ0n) is 13.0. The van der Waals surface area contributed by atoms with Crippen LogP contribution in [0.2, 0.25) is 0 Å². The van der Waals surface area contributed by atoms with E-state index >= 15 is 0 Å². The van der Waals surface area contributed by atoms with E-state index in [1.165, 1.54) is 17.9 Å². The maximum atomic E-state index is 12.0. The summed E-state index contributed by atoms with van der Waals surface area (Å²) < 4.78 is 33.1. The van der Waals surface area contributed by atoms with Gasteiger partial charge in [-0.1, -0.05) is 0 Å².